The fourth-order valence-electron chi connectivity index (χ4n) is 3.72. The maximum atomic E-state index is 13.8. The van der Waals surface area contributed by atoms with Gasteiger partial charge in [-0.2, -0.15) is 23.4 Å². The minimum Gasteiger partial charge on any atom is -0.350 e. The van der Waals surface area contributed by atoms with Gasteiger partial charge in [0.05, 0.1) is 22.6 Å². The number of carbonyl (C=O) groups is 1. The van der Waals surface area contributed by atoms with Gasteiger partial charge < -0.3 is 5.32 Å². The largest absolute Gasteiger partial charge is 0.416 e. The molecule has 0 atom stereocenters. The van der Waals surface area contributed by atoms with Gasteiger partial charge in [0.1, 0.15) is 6.54 Å². The highest BCUT2D eigenvalue weighted by Gasteiger charge is 2.34. The van der Waals surface area contributed by atoms with Gasteiger partial charge in [-0.1, -0.05) is 36.4 Å². The molecule has 10 heteroatoms. The van der Waals surface area contributed by atoms with E-state index in [1.54, 1.807) is 26.0 Å². The molecule has 35 heavy (non-hydrogen) atoms. The van der Waals surface area contributed by atoms with Gasteiger partial charge in [-0.25, -0.2) is 9.36 Å². The smallest absolute Gasteiger partial charge is 0.350 e. The molecule has 180 valence electrons. The molecule has 7 nitrogen and oxygen atoms in total. The predicted octanol–water partition coefficient (Wildman–Crippen LogP) is 4.05. The van der Waals surface area contributed by atoms with Crippen molar-refractivity contribution in [2.24, 2.45) is 0 Å². The second-order valence-electron chi connectivity index (χ2n) is 8.04. The van der Waals surface area contributed by atoms with E-state index in [0.717, 1.165) is 16.3 Å². The summed E-state index contributed by atoms with van der Waals surface area (Å²) in [6, 6.07) is 17.5. The number of nitrogens with zero attached hydrogens (tertiary/aromatic N) is 4. The summed E-state index contributed by atoms with van der Waals surface area (Å²) < 4.78 is 43.8. The first-order valence-corrected chi connectivity index (χ1v) is 10.8. The number of hydrogen-bond donors (Lipinski definition) is 1. The minimum absolute atomic E-state index is 0.102. The molecule has 2 aromatic carbocycles. The Labute approximate surface area is 198 Å². The zero-order valence-corrected chi connectivity index (χ0v) is 19.0. The second kappa shape index (κ2) is 9.57. The van der Waals surface area contributed by atoms with Crippen LogP contribution in [0.15, 0.2) is 71.5 Å². The van der Waals surface area contributed by atoms with Crippen molar-refractivity contribution in [1.29, 1.82) is 0 Å². The van der Waals surface area contributed by atoms with E-state index in [0.29, 0.717) is 17.1 Å². The average Bonchev–Trinajstić information content (AvgIpc) is 3.16. The summed E-state index contributed by atoms with van der Waals surface area (Å²) in [5, 5.41) is 10.9. The van der Waals surface area contributed by atoms with E-state index >= 15 is 0 Å². The number of halogens is 3. The van der Waals surface area contributed by atoms with Crippen molar-refractivity contribution >= 4 is 5.91 Å². The first-order chi connectivity index (χ1) is 16.6. The van der Waals surface area contributed by atoms with Crippen molar-refractivity contribution in [2.75, 3.05) is 0 Å². The molecule has 4 aromatic rings. The first kappa shape index (κ1) is 23.9. The Balaban J connectivity index is 1.52. The molecule has 2 aromatic heterocycles. The Hall–Kier alpha value is -4.21. The fraction of sp³-hybridized carbons (Fsp3) is 0.200. The third-order valence-corrected chi connectivity index (χ3v) is 5.36. The van der Waals surface area contributed by atoms with Crippen LogP contribution in [0.1, 0.15) is 22.5 Å². The fourth-order valence-corrected chi connectivity index (χ4v) is 3.72. The molecule has 0 saturated heterocycles. The summed E-state index contributed by atoms with van der Waals surface area (Å²) in [4.78, 5) is 24.6. The molecule has 0 radical (unpaired) electrons. The van der Waals surface area contributed by atoms with Crippen molar-refractivity contribution < 1.29 is 18.0 Å². The Bertz CT molecular complexity index is 1430. The number of carbonyl (C=O) groups excluding carboxylic acids is 1. The standard InChI is InChI=1S/C25H22F3N5O2/c1-16-12-17(2)33(30-16)20-9-8-19(21(13-20)25(26,27)28)14-29-23(34)15-32-24(35)11-10-22(31-32)18-6-4-3-5-7-18/h3-13H,14-15H2,1-2H3,(H,29,34). The number of rotatable bonds is 6. The van der Waals surface area contributed by atoms with Crippen molar-refractivity contribution in [3.8, 4) is 16.9 Å². The topological polar surface area (TPSA) is 81.8 Å². The van der Waals surface area contributed by atoms with Gasteiger partial charge in [0.25, 0.3) is 5.56 Å². The number of aromatic nitrogens is 4. The quantitative estimate of drug-likeness (QED) is 0.451. The summed E-state index contributed by atoms with van der Waals surface area (Å²) in [7, 11) is 0. The molecule has 0 spiro atoms. The van der Waals surface area contributed by atoms with Crippen LogP contribution in [-0.2, 0) is 24.1 Å². The van der Waals surface area contributed by atoms with Crippen LogP contribution >= 0.6 is 0 Å². The van der Waals surface area contributed by atoms with Gasteiger partial charge >= 0.3 is 6.18 Å². The van der Waals surface area contributed by atoms with E-state index in [2.05, 4.69) is 15.5 Å². The lowest BCUT2D eigenvalue weighted by atomic mass is 10.1. The van der Waals surface area contributed by atoms with Crippen molar-refractivity contribution in [1.82, 2.24) is 24.9 Å². The lowest BCUT2D eigenvalue weighted by molar-refractivity contribution is -0.138. The molecule has 0 aliphatic carbocycles. The molecule has 0 unspecified atom stereocenters. The maximum Gasteiger partial charge on any atom is 0.416 e. The van der Waals surface area contributed by atoms with Crippen LogP contribution in [-0.4, -0.2) is 25.5 Å². The Morgan fingerprint density at radius 2 is 1.71 bits per heavy atom. The van der Waals surface area contributed by atoms with Crippen LogP contribution in [0.2, 0.25) is 0 Å². The summed E-state index contributed by atoms with van der Waals surface area (Å²) in [6.45, 7) is 2.72. The number of aryl methyl sites for hydroxylation is 2. The summed E-state index contributed by atoms with van der Waals surface area (Å²) in [5.41, 5.74) is 1.45. The van der Waals surface area contributed by atoms with E-state index in [1.807, 2.05) is 30.3 Å². The SMILES string of the molecule is Cc1cc(C)n(-c2ccc(CNC(=O)Cn3nc(-c4ccccc4)ccc3=O)c(C(F)(F)F)c2)n1. The zero-order chi connectivity index (χ0) is 25.2. The Kier molecular flexibility index (Phi) is 6.54. The van der Waals surface area contributed by atoms with Crippen LogP contribution in [0.3, 0.4) is 0 Å². The van der Waals surface area contributed by atoms with Gasteiger partial charge in [-0.3, -0.25) is 9.59 Å². The van der Waals surface area contributed by atoms with E-state index in [1.165, 1.54) is 22.9 Å². The Morgan fingerprint density at radius 3 is 2.37 bits per heavy atom. The number of amides is 1. The molecular formula is C25H22F3N5O2. The summed E-state index contributed by atoms with van der Waals surface area (Å²) in [5.74, 6) is -0.638. The zero-order valence-electron chi connectivity index (χ0n) is 19.0. The number of hydrogen-bond acceptors (Lipinski definition) is 4. The monoisotopic (exact) mass is 481 g/mol. The molecular weight excluding hydrogens is 459 g/mol. The highest BCUT2D eigenvalue weighted by Crippen LogP contribution is 2.33. The van der Waals surface area contributed by atoms with Crippen molar-refractivity contribution in [3.05, 3.63) is 99.6 Å². The second-order valence-corrected chi connectivity index (χ2v) is 8.04. The minimum atomic E-state index is -4.63. The molecule has 2 heterocycles. The molecule has 1 amide bonds. The van der Waals surface area contributed by atoms with Crippen molar-refractivity contribution in [3.63, 3.8) is 0 Å². The van der Waals surface area contributed by atoms with E-state index in [9.17, 15) is 22.8 Å². The molecule has 1 N–H and O–H groups in total. The van der Waals surface area contributed by atoms with Gasteiger partial charge in [0.2, 0.25) is 5.91 Å². The van der Waals surface area contributed by atoms with Crippen LogP contribution in [0.25, 0.3) is 16.9 Å². The van der Waals surface area contributed by atoms with Crippen LogP contribution < -0.4 is 10.9 Å². The van der Waals surface area contributed by atoms with Crippen molar-refractivity contribution in [2.45, 2.75) is 33.1 Å². The Morgan fingerprint density at radius 1 is 0.971 bits per heavy atom. The highest BCUT2D eigenvalue weighted by atomic mass is 19.4. The normalized spacial score (nSPS) is 11.5. The number of nitrogens with one attached hydrogen (secondary N) is 1. The summed E-state index contributed by atoms with van der Waals surface area (Å²) in [6.07, 6.45) is -4.63. The third-order valence-electron chi connectivity index (χ3n) is 5.36. The lowest BCUT2D eigenvalue weighted by Gasteiger charge is -2.16. The number of alkyl halides is 3. The van der Waals surface area contributed by atoms with Gasteiger partial charge in [0, 0.05) is 23.9 Å². The van der Waals surface area contributed by atoms with Gasteiger partial charge in [-0.15, -0.1) is 0 Å². The molecule has 0 aliphatic heterocycles. The lowest BCUT2D eigenvalue weighted by Crippen LogP contribution is -2.33. The van der Waals surface area contributed by atoms with Gasteiger partial charge in [-0.05, 0) is 43.7 Å². The number of benzene rings is 2. The highest BCUT2D eigenvalue weighted by molar-refractivity contribution is 5.75. The average molecular weight is 481 g/mol. The van der Waals surface area contributed by atoms with E-state index in [4.69, 9.17) is 0 Å². The van der Waals surface area contributed by atoms with Crippen LogP contribution in [0.4, 0.5) is 13.2 Å². The third kappa shape index (κ3) is 5.48. The molecule has 0 saturated carbocycles. The van der Waals surface area contributed by atoms with Crippen LogP contribution in [0.5, 0.6) is 0 Å². The van der Waals surface area contributed by atoms with E-state index in [-0.39, 0.29) is 17.8 Å². The first-order valence-electron chi connectivity index (χ1n) is 10.8. The van der Waals surface area contributed by atoms with Gasteiger partial charge in [0.15, 0.2) is 0 Å². The molecule has 0 bridgehead atoms. The predicted molar refractivity (Wildman–Crippen MR) is 124 cm³/mol. The summed E-state index contributed by atoms with van der Waals surface area (Å²) >= 11 is 0. The maximum absolute atomic E-state index is 13.8. The molecule has 0 fully saturated rings. The van der Waals surface area contributed by atoms with E-state index < -0.39 is 29.8 Å². The molecule has 0 aliphatic rings. The molecule has 4 rings (SSSR count). The van der Waals surface area contributed by atoms with Crippen LogP contribution in [0, 0.1) is 13.8 Å².